The molecule has 0 fully saturated rings. The van der Waals surface area contributed by atoms with Crippen LogP contribution in [0, 0.1) is 0 Å². The number of hydrogen-bond acceptors (Lipinski definition) is 4. The van der Waals surface area contributed by atoms with E-state index in [1.165, 1.54) is 11.3 Å². The standard InChI is InChI=1S/C17H13ClN2O2S/c1-22-14-8-6-13(7-9-14)19-16(21)15-10-23-17(20-15)11-2-4-12(18)5-3-11/h2-10H,1H3,(H,19,21). The summed E-state index contributed by atoms with van der Waals surface area (Å²) in [5, 5.41) is 6.00. The molecule has 0 aliphatic rings. The zero-order valence-electron chi connectivity index (χ0n) is 12.2. The molecule has 0 aliphatic carbocycles. The number of carbonyl (C=O) groups excluding carboxylic acids is 1. The van der Waals surface area contributed by atoms with E-state index in [0.29, 0.717) is 16.4 Å². The summed E-state index contributed by atoms with van der Waals surface area (Å²) in [5.74, 6) is 0.494. The van der Waals surface area contributed by atoms with Crippen molar-refractivity contribution in [1.29, 1.82) is 0 Å². The van der Waals surface area contributed by atoms with Gasteiger partial charge in [-0.25, -0.2) is 4.98 Å². The first-order valence-electron chi connectivity index (χ1n) is 6.82. The van der Waals surface area contributed by atoms with Crippen molar-refractivity contribution in [3.8, 4) is 16.3 Å². The molecule has 23 heavy (non-hydrogen) atoms. The van der Waals surface area contributed by atoms with Crippen LogP contribution in [0.1, 0.15) is 10.5 Å². The molecule has 0 atom stereocenters. The van der Waals surface area contributed by atoms with E-state index in [4.69, 9.17) is 16.3 Å². The SMILES string of the molecule is COc1ccc(NC(=O)c2csc(-c3ccc(Cl)cc3)n2)cc1. The summed E-state index contributed by atoms with van der Waals surface area (Å²) in [5.41, 5.74) is 2.01. The number of benzene rings is 2. The summed E-state index contributed by atoms with van der Waals surface area (Å²) in [6.07, 6.45) is 0. The third kappa shape index (κ3) is 3.70. The number of thiazole rings is 1. The van der Waals surface area contributed by atoms with E-state index < -0.39 is 0 Å². The fourth-order valence-corrected chi connectivity index (χ4v) is 2.90. The molecule has 1 amide bonds. The summed E-state index contributed by atoms with van der Waals surface area (Å²) in [4.78, 5) is 16.6. The van der Waals surface area contributed by atoms with Gasteiger partial charge in [-0.3, -0.25) is 4.79 Å². The van der Waals surface area contributed by atoms with Crippen LogP contribution in [-0.4, -0.2) is 18.0 Å². The molecule has 0 saturated carbocycles. The van der Waals surface area contributed by atoms with Gasteiger partial charge in [0.15, 0.2) is 0 Å². The minimum absolute atomic E-state index is 0.244. The highest BCUT2D eigenvalue weighted by atomic mass is 35.5. The molecular formula is C17H13ClN2O2S. The highest BCUT2D eigenvalue weighted by Crippen LogP contribution is 2.25. The average Bonchev–Trinajstić information content (AvgIpc) is 3.06. The quantitative estimate of drug-likeness (QED) is 0.744. The highest BCUT2D eigenvalue weighted by Gasteiger charge is 2.12. The van der Waals surface area contributed by atoms with Crippen molar-refractivity contribution in [2.45, 2.75) is 0 Å². The number of anilines is 1. The van der Waals surface area contributed by atoms with Crippen LogP contribution >= 0.6 is 22.9 Å². The molecule has 0 spiro atoms. The largest absolute Gasteiger partial charge is 0.497 e. The number of methoxy groups -OCH3 is 1. The summed E-state index contributed by atoms with van der Waals surface area (Å²) < 4.78 is 5.09. The van der Waals surface area contributed by atoms with Gasteiger partial charge >= 0.3 is 0 Å². The highest BCUT2D eigenvalue weighted by molar-refractivity contribution is 7.13. The van der Waals surface area contributed by atoms with E-state index in [1.807, 2.05) is 12.1 Å². The van der Waals surface area contributed by atoms with Crippen molar-refractivity contribution in [2.24, 2.45) is 0 Å². The lowest BCUT2D eigenvalue weighted by molar-refractivity contribution is 0.102. The van der Waals surface area contributed by atoms with Crippen LogP contribution < -0.4 is 10.1 Å². The van der Waals surface area contributed by atoms with Crippen LogP contribution in [0.15, 0.2) is 53.9 Å². The molecule has 0 unspecified atom stereocenters. The summed E-state index contributed by atoms with van der Waals surface area (Å²) >= 11 is 7.30. The number of carbonyl (C=O) groups is 1. The Hall–Kier alpha value is -2.37. The van der Waals surface area contributed by atoms with Gasteiger partial charge in [0.05, 0.1) is 7.11 Å². The number of amides is 1. The van der Waals surface area contributed by atoms with Gasteiger partial charge in [-0.1, -0.05) is 23.7 Å². The molecule has 1 aromatic heterocycles. The number of nitrogens with one attached hydrogen (secondary N) is 1. The third-order valence-corrected chi connectivity index (χ3v) is 4.32. The van der Waals surface area contributed by atoms with Gasteiger partial charge in [-0.05, 0) is 36.4 Å². The fraction of sp³-hybridized carbons (Fsp3) is 0.0588. The van der Waals surface area contributed by atoms with Gasteiger partial charge in [-0.2, -0.15) is 0 Å². The minimum Gasteiger partial charge on any atom is -0.497 e. The Morgan fingerprint density at radius 2 is 1.83 bits per heavy atom. The fourth-order valence-electron chi connectivity index (χ4n) is 1.97. The zero-order valence-corrected chi connectivity index (χ0v) is 13.8. The normalized spacial score (nSPS) is 10.3. The molecule has 3 aromatic rings. The Bertz CT molecular complexity index is 813. The third-order valence-electron chi connectivity index (χ3n) is 3.18. The van der Waals surface area contributed by atoms with Gasteiger partial charge in [0, 0.05) is 21.7 Å². The van der Waals surface area contributed by atoms with Gasteiger partial charge in [0.1, 0.15) is 16.5 Å². The molecule has 116 valence electrons. The van der Waals surface area contributed by atoms with E-state index in [-0.39, 0.29) is 5.91 Å². The predicted octanol–water partition coefficient (Wildman–Crippen LogP) is 4.72. The second-order valence-electron chi connectivity index (χ2n) is 4.73. The van der Waals surface area contributed by atoms with Crippen LogP contribution in [0.3, 0.4) is 0 Å². The number of nitrogens with zero attached hydrogens (tertiary/aromatic N) is 1. The van der Waals surface area contributed by atoms with Crippen molar-refractivity contribution in [1.82, 2.24) is 4.98 Å². The molecule has 0 bridgehead atoms. The van der Waals surface area contributed by atoms with Gasteiger partial charge in [0.2, 0.25) is 0 Å². The molecule has 4 nitrogen and oxygen atoms in total. The summed E-state index contributed by atoms with van der Waals surface area (Å²) in [7, 11) is 1.60. The topological polar surface area (TPSA) is 51.2 Å². The molecule has 1 N–H and O–H groups in total. The first-order valence-corrected chi connectivity index (χ1v) is 8.08. The van der Waals surface area contributed by atoms with Crippen molar-refractivity contribution in [2.75, 3.05) is 12.4 Å². The number of rotatable bonds is 4. The first kappa shape index (κ1) is 15.5. The molecule has 0 saturated heterocycles. The lowest BCUT2D eigenvalue weighted by atomic mass is 10.2. The molecule has 6 heteroatoms. The van der Waals surface area contributed by atoms with E-state index >= 15 is 0 Å². The molecular weight excluding hydrogens is 332 g/mol. The molecule has 0 aliphatic heterocycles. The van der Waals surface area contributed by atoms with E-state index in [9.17, 15) is 4.79 Å². The van der Waals surface area contributed by atoms with Crippen LogP contribution in [0.4, 0.5) is 5.69 Å². The minimum atomic E-state index is -0.244. The molecule has 0 radical (unpaired) electrons. The van der Waals surface area contributed by atoms with Gasteiger partial charge in [-0.15, -0.1) is 11.3 Å². The Morgan fingerprint density at radius 3 is 2.48 bits per heavy atom. The Kier molecular flexibility index (Phi) is 4.60. The lowest BCUT2D eigenvalue weighted by Crippen LogP contribution is -2.12. The first-order chi connectivity index (χ1) is 11.2. The monoisotopic (exact) mass is 344 g/mol. The smallest absolute Gasteiger partial charge is 0.275 e. The number of hydrogen-bond donors (Lipinski definition) is 1. The van der Waals surface area contributed by atoms with Crippen LogP contribution in [0.2, 0.25) is 5.02 Å². The van der Waals surface area contributed by atoms with E-state index in [0.717, 1.165) is 16.3 Å². The van der Waals surface area contributed by atoms with E-state index in [2.05, 4.69) is 10.3 Å². The zero-order chi connectivity index (χ0) is 16.2. The average molecular weight is 345 g/mol. The Morgan fingerprint density at radius 1 is 1.13 bits per heavy atom. The number of aromatic nitrogens is 1. The second kappa shape index (κ2) is 6.81. The Balaban J connectivity index is 1.74. The van der Waals surface area contributed by atoms with Crippen molar-refractivity contribution in [3.05, 3.63) is 64.6 Å². The predicted molar refractivity (Wildman–Crippen MR) is 93.5 cm³/mol. The summed E-state index contributed by atoms with van der Waals surface area (Å²) in [6, 6.07) is 14.5. The van der Waals surface area contributed by atoms with Crippen LogP contribution in [0.5, 0.6) is 5.75 Å². The number of ether oxygens (including phenoxy) is 1. The molecule has 3 rings (SSSR count). The van der Waals surface area contributed by atoms with Crippen LogP contribution in [-0.2, 0) is 0 Å². The maximum atomic E-state index is 12.2. The number of halogens is 1. The van der Waals surface area contributed by atoms with Crippen LogP contribution in [0.25, 0.3) is 10.6 Å². The van der Waals surface area contributed by atoms with Crippen molar-refractivity contribution in [3.63, 3.8) is 0 Å². The van der Waals surface area contributed by atoms with Crippen molar-refractivity contribution < 1.29 is 9.53 Å². The Labute approximate surface area is 142 Å². The lowest BCUT2D eigenvalue weighted by Gasteiger charge is -2.04. The summed E-state index contributed by atoms with van der Waals surface area (Å²) in [6.45, 7) is 0. The molecule has 1 heterocycles. The van der Waals surface area contributed by atoms with Crippen molar-refractivity contribution >= 4 is 34.5 Å². The van der Waals surface area contributed by atoms with E-state index in [1.54, 1.807) is 48.9 Å². The van der Waals surface area contributed by atoms with Gasteiger partial charge in [0.25, 0.3) is 5.91 Å². The molecule has 2 aromatic carbocycles. The second-order valence-corrected chi connectivity index (χ2v) is 6.02. The maximum absolute atomic E-state index is 12.2. The van der Waals surface area contributed by atoms with Gasteiger partial charge < -0.3 is 10.1 Å². The maximum Gasteiger partial charge on any atom is 0.275 e.